The summed E-state index contributed by atoms with van der Waals surface area (Å²) in [6.07, 6.45) is -2.29. The van der Waals surface area contributed by atoms with Gasteiger partial charge in [-0.25, -0.2) is 4.99 Å². The lowest BCUT2D eigenvalue weighted by atomic mass is 10.1. The molecule has 0 saturated carbocycles. The molecule has 1 N–H and O–H groups in total. The molecular weight excluding hydrogens is 357 g/mol. The lowest BCUT2D eigenvalue weighted by Gasteiger charge is -2.22. The molecule has 2 aromatic rings. The van der Waals surface area contributed by atoms with Gasteiger partial charge in [-0.05, 0) is 31.0 Å². The number of rotatable bonds is 5. The summed E-state index contributed by atoms with van der Waals surface area (Å²) >= 11 is 0. The number of fused-ring (bicyclic) bond motifs is 1. The molecule has 0 aliphatic carbocycles. The lowest BCUT2D eigenvalue weighted by Crippen LogP contribution is -2.38. The summed E-state index contributed by atoms with van der Waals surface area (Å²) in [5.74, 6) is 2.51. The highest BCUT2D eigenvalue weighted by atomic mass is 19.4. The summed E-state index contributed by atoms with van der Waals surface area (Å²) in [6, 6.07) is 5.20. The summed E-state index contributed by atoms with van der Waals surface area (Å²) in [6.45, 7) is 4.43. The van der Waals surface area contributed by atoms with Gasteiger partial charge in [0.25, 0.3) is 0 Å². The van der Waals surface area contributed by atoms with Gasteiger partial charge in [-0.15, -0.1) is 10.2 Å². The zero-order valence-electron chi connectivity index (χ0n) is 15.4. The van der Waals surface area contributed by atoms with E-state index >= 15 is 0 Å². The smallest absolute Gasteiger partial charge is 0.357 e. The molecule has 9 heteroatoms. The monoisotopic (exact) mass is 380 g/mol. The first-order valence-corrected chi connectivity index (χ1v) is 8.95. The molecule has 0 spiro atoms. The molecule has 0 unspecified atom stereocenters. The van der Waals surface area contributed by atoms with Crippen LogP contribution in [0.4, 0.5) is 13.2 Å². The summed E-state index contributed by atoms with van der Waals surface area (Å²) in [5, 5.41) is 11.6. The van der Waals surface area contributed by atoms with E-state index in [1.54, 1.807) is 0 Å². The molecule has 1 aliphatic heterocycles. The van der Waals surface area contributed by atoms with Gasteiger partial charge in [-0.3, -0.25) is 0 Å². The van der Waals surface area contributed by atoms with Gasteiger partial charge in [0.1, 0.15) is 12.4 Å². The van der Waals surface area contributed by atoms with Gasteiger partial charge in [-0.1, -0.05) is 12.1 Å². The molecule has 0 bridgehead atoms. The number of aromatic nitrogens is 3. The van der Waals surface area contributed by atoms with Crippen molar-refractivity contribution in [2.24, 2.45) is 4.99 Å². The highest BCUT2D eigenvalue weighted by molar-refractivity contribution is 5.79. The van der Waals surface area contributed by atoms with Crippen molar-refractivity contribution in [3.63, 3.8) is 0 Å². The number of halogens is 3. The Morgan fingerprint density at radius 1 is 1.26 bits per heavy atom. The van der Waals surface area contributed by atoms with Crippen molar-refractivity contribution in [2.45, 2.75) is 45.6 Å². The van der Waals surface area contributed by atoms with Gasteiger partial charge in [0, 0.05) is 33.1 Å². The summed E-state index contributed by atoms with van der Waals surface area (Å²) in [5.41, 5.74) is 0.134. The fourth-order valence-electron chi connectivity index (χ4n) is 3.09. The number of aryl methyl sites for hydroxylation is 1. The Labute approximate surface area is 156 Å². The molecule has 0 amide bonds. The van der Waals surface area contributed by atoms with Crippen LogP contribution in [0.5, 0.6) is 0 Å². The van der Waals surface area contributed by atoms with Crippen LogP contribution in [0.25, 0.3) is 0 Å². The van der Waals surface area contributed by atoms with Crippen LogP contribution < -0.4 is 5.32 Å². The molecule has 0 fully saturated rings. The van der Waals surface area contributed by atoms with Gasteiger partial charge in [0.15, 0.2) is 11.8 Å². The third-order valence-corrected chi connectivity index (χ3v) is 4.45. The van der Waals surface area contributed by atoms with Crippen LogP contribution in [0, 0.1) is 0 Å². The number of nitrogens with zero attached hydrogens (tertiary/aromatic N) is 5. The van der Waals surface area contributed by atoms with E-state index in [-0.39, 0.29) is 0 Å². The Balaban J connectivity index is 1.68. The predicted octanol–water partition coefficient (Wildman–Crippen LogP) is 2.84. The lowest BCUT2D eigenvalue weighted by molar-refractivity contribution is -0.137. The number of guanidine groups is 1. The maximum atomic E-state index is 12.7. The Bertz CT molecular complexity index is 794. The number of hydrogen-bond donors (Lipinski definition) is 1. The second-order valence-electron chi connectivity index (χ2n) is 6.51. The van der Waals surface area contributed by atoms with Crippen molar-refractivity contribution >= 4 is 5.96 Å². The highest BCUT2D eigenvalue weighted by Gasteiger charge is 2.30. The quantitative estimate of drug-likeness (QED) is 0.640. The fourth-order valence-corrected chi connectivity index (χ4v) is 3.09. The normalized spacial score (nSPS) is 14.3. The standard InChI is InChI=1S/C18H23F3N6/c1-3-22-17(23-11-16-25-24-15-5-4-10-27(15)16)26(2)12-13-6-8-14(9-7-13)18(19,20)21/h6-9H,3-5,10-12H2,1-2H3,(H,22,23). The van der Waals surface area contributed by atoms with Crippen molar-refractivity contribution in [3.8, 4) is 0 Å². The summed E-state index contributed by atoms with van der Waals surface area (Å²) in [4.78, 5) is 6.50. The first kappa shape index (κ1) is 19.2. The van der Waals surface area contributed by atoms with E-state index in [9.17, 15) is 13.2 Å². The van der Waals surface area contributed by atoms with E-state index in [1.165, 1.54) is 12.1 Å². The number of aliphatic imine (C=N–C) groups is 1. The van der Waals surface area contributed by atoms with E-state index < -0.39 is 11.7 Å². The number of benzene rings is 1. The Hall–Kier alpha value is -2.58. The van der Waals surface area contributed by atoms with Crippen molar-refractivity contribution in [1.82, 2.24) is 25.0 Å². The Morgan fingerprint density at radius 3 is 2.67 bits per heavy atom. The minimum Gasteiger partial charge on any atom is -0.357 e. The molecule has 0 atom stereocenters. The molecule has 2 heterocycles. The van der Waals surface area contributed by atoms with Crippen molar-refractivity contribution in [3.05, 3.63) is 47.0 Å². The molecule has 0 radical (unpaired) electrons. The fraction of sp³-hybridized carbons (Fsp3) is 0.500. The van der Waals surface area contributed by atoms with E-state index in [1.807, 2.05) is 18.9 Å². The molecule has 27 heavy (non-hydrogen) atoms. The largest absolute Gasteiger partial charge is 0.416 e. The van der Waals surface area contributed by atoms with Crippen LogP contribution in [0.2, 0.25) is 0 Å². The minimum absolute atomic E-state index is 0.409. The molecule has 1 aliphatic rings. The molecule has 1 aromatic carbocycles. The zero-order chi connectivity index (χ0) is 19.4. The molecule has 1 aromatic heterocycles. The molecular formula is C18H23F3N6. The van der Waals surface area contributed by atoms with Crippen LogP contribution in [0.3, 0.4) is 0 Å². The van der Waals surface area contributed by atoms with Crippen molar-refractivity contribution < 1.29 is 13.2 Å². The average molecular weight is 380 g/mol. The second-order valence-corrected chi connectivity index (χ2v) is 6.51. The van der Waals surface area contributed by atoms with Gasteiger partial charge in [0.05, 0.1) is 5.56 Å². The van der Waals surface area contributed by atoms with E-state index in [2.05, 4.69) is 25.1 Å². The topological polar surface area (TPSA) is 58.3 Å². The Kier molecular flexibility index (Phi) is 5.67. The minimum atomic E-state index is -4.32. The van der Waals surface area contributed by atoms with Gasteiger partial charge < -0.3 is 14.8 Å². The average Bonchev–Trinajstić information content (AvgIpc) is 3.22. The summed E-state index contributed by atoms with van der Waals surface area (Å²) in [7, 11) is 1.85. The molecule has 6 nitrogen and oxygen atoms in total. The van der Waals surface area contributed by atoms with E-state index in [0.717, 1.165) is 48.7 Å². The number of nitrogens with one attached hydrogen (secondary N) is 1. The van der Waals surface area contributed by atoms with Crippen LogP contribution in [0.1, 0.15) is 36.1 Å². The third-order valence-electron chi connectivity index (χ3n) is 4.45. The van der Waals surface area contributed by atoms with Crippen molar-refractivity contribution in [2.75, 3.05) is 13.6 Å². The van der Waals surface area contributed by atoms with E-state index in [0.29, 0.717) is 25.6 Å². The summed E-state index contributed by atoms with van der Waals surface area (Å²) < 4.78 is 40.2. The van der Waals surface area contributed by atoms with Gasteiger partial charge in [0.2, 0.25) is 0 Å². The van der Waals surface area contributed by atoms with Crippen LogP contribution in [0.15, 0.2) is 29.3 Å². The SMILES string of the molecule is CCNC(=NCc1nnc2n1CCC2)N(C)Cc1ccc(C(F)(F)F)cc1. The predicted molar refractivity (Wildman–Crippen MR) is 96.1 cm³/mol. The maximum absolute atomic E-state index is 12.7. The van der Waals surface area contributed by atoms with Crippen molar-refractivity contribution in [1.29, 1.82) is 0 Å². The second kappa shape index (κ2) is 7.98. The third kappa shape index (κ3) is 4.58. The first-order chi connectivity index (χ1) is 12.9. The maximum Gasteiger partial charge on any atom is 0.416 e. The van der Waals surface area contributed by atoms with Crippen LogP contribution in [-0.4, -0.2) is 39.2 Å². The van der Waals surface area contributed by atoms with Crippen LogP contribution in [-0.2, 0) is 32.2 Å². The van der Waals surface area contributed by atoms with Gasteiger partial charge >= 0.3 is 6.18 Å². The highest BCUT2D eigenvalue weighted by Crippen LogP contribution is 2.29. The first-order valence-electron chi connectivity index (χ1n) is 8.95. The number of hydrogen-bond acceptors (Lipinski definition) is 3. The molecule has 146 valence electrons. The number of alkyl halides is 3. The molecule has 0 saturated heterocycles. The van der Waals surface area contributed by atoms with Gasteiger partial charge in [-0.2, -0.15) is 13.2 Å². The zero-order valence-corrected chi connectivity index (χ0v) is 15.4. The molecule has 3 rings (SSSR count). The van der Waals surface area contributed by atoms with E-state index in [4.69, 9.17) is 0 Å². The Morgan fingerprint density at radius 2 is 2.00 bits per heavy atom. The van der Waals surface area contributed by atoms with Crippen LogP contribution >= 0.6 is 0 Å².